The third kappa shape index (κ3) is 3.09. The van der Waals surface area contributed by atoms with Gasteiger partial charge in [0.2, 0.25) is 11.8 Å². The highest BCUT2D eigenvalue weighted by Crippen LogP contribution is 2.28. The number of ether oxygens (including phenoxy) is 1. The maximum Gasteiger partial charge on any atom is 0.246 e. The van der Waals surface area contributed by atoms with Gasteiger partial charge in [0.15, 0.2) is 0 Å². The number of nitrogens with zero attached hydrogens (tertiary/aromatic N) is 1. The van der Waals surface area contributed by atoms with Gasteiger partial charge in [-0.1, -0.05) is 36.4 Å². The molecule has 0 aromatic heterocycles. The van der Waals surface area contributed by atoms with E-state index >= 15 is 0 Å². The summed E-state index contributed by atoms with van der Waals surface area (Å²) in [6.45, 7) is 1.04. The van der Waals surface area contributed by atoms with Crippen molar-refractivity contribution in [3.05, 3.63) is 59.7 Å². The van der Waals surface area contributed by atoms with Crippen LogP contribution in [0, 0.1) is 5.92 Å². The Labute approximate surface area is 146 Å². The quantitative estimate of drug-likeness (QED) is 0.932. The van der Waals surface area contributed by atoms with Crippen molar-refractivity contribution in [3.8, 4) is 5.75 Å². The standard InChI is InChI=1S/C20H20N2O3/c23-19(22-10-9-14-5-1-3-7-17(14)22)12-21-20(24)16-11-15-6-2-4-8-18(15)25-13-16/h1-8,16H,9-13H2,(H,21,24)/t16-/m1/s1. The first-order chi connectivity index (χ1) is 12.2. The molecule has 0 radical (unpaired) electrons. The molecule has 1 N–H and O–H groups in total. The number of amides is 2. The van der Waals surface area contributed by atoms with Crippen LogP contribution < -0.4 is 15.0 Å². The summed E-state index contributed by atoms with van der Waals surface area (Å²) in [5.41, 5.74) is 3.17. The lowest BCUT2D eigenvalue weighted by Crippen LogP contribution is -2.43. The zero-order chi connectivity index (χ0) is 17.2. The van der Waals surface area contributed by atoms with Crippen LogP contribution in [0.15, 0.2) is 48.5 Å². The van der Waals surface area contributed by atoms with E-state index < -0.39 is 0 Å². The van der Waals surface area contributed by atoms with Crippen molar-refractivity contribution in [2.45, 2.75) is 12.8 Å². The van der Waals surface area contributed by atoms with Gasteiger partial charge in [0.25, 0.3) is 0 Å². The summed E-state index contributed by atoms with van der Waals surface area (Å²) in [7, 11) is 0. The minimum absolute atomic E-state index is 0.0192. The lowest BCUT2D eigenvalue weighted by Gasteiger charge is -2.25. The molecule has 0 saturated heterocycles. The van der Waals surface area contributed by atoms with Gasteiger partial charge in [-0.05, 0) is 36.1 Å². The highest BCUT2D eigenvalue weighted by atomic mass is 16.5. The van der Waals surface area contributed by atoms with Gasteiger partial charge in [-0.2, -0.15) is 0 Å². The molecule has 0 saturated carbocycles. The Morgan fingerprint density at radius 2 is 1.84 bits per heavy atom. The second-order valence-corrected chi connectivity index (χ2v) is 6.46. The van der Waals surface area contributed by atoms with Gasteiger partial charge in [0.1, 0.15) is 12.4 Å². The molecule has 5 heteroatoms. The monoisotopic (exact) mass is 336 g/mol. The van der Waals surface area contributed by atoms with Crippen LogP contribution in [0.3, 0.4) is 0 Å². The average molecular weight is 336 g/mol. The van der Waals surface area contributed by atoms with Crippen LogP contribution in [0.4, 0.5) is 5.69 Å². The van der Waals surface area contributed by atoms with E-state index in [4.69, 9.17) is 4.74 Å². The van der Waals surface area contributed by atoms with Crippen molar-refractivity contribution in [2.75, 3.05) is 24.6 Å². The van der Waals surface area contributed by atoms with Crippen molar-refractivity contribution < 1.29 is 14.3 Å². The lowest BCUT2D eigenvalue weighted by atomic mass is 9.96. The van der Waals surface area contributed by atoms with E-state index in [1.165, 1.54) is 5.56 Å². The van der Waals surface area contributed by atoms with Crippen LogP contribution in [0.1, 0.15) is 11.1 Å². The van der Waals surface area contributed by atoms with E-state index in [0.717, 1.165) is 23.4 Å². The highest BCUT2D eigenvalue weighted by molar-refractivity contribution is 5.98. The van der Waals surface area contributed by atoms with Crippen LogP contribution >= 0.6 is 0 Å². The first kappa shape index (κ1) is 15.7. The van der Waals surface area contributed by atoms with Crippen LogP contribution in [-0.2, 0) is 22.4 Å². The van der Waals surface area contributed by atoms with E-state index in [2.05, 4.69) is 5.32 Å². The number of hydrogen-bond donors (Lipinski definition) is 1. The van der Waals surface area contributed by atoms with Crippen molar-refractivity contribution >= 4 is 17.5 Å². The SMILES string of the molecule is O=C(NCC(=O)N1CCc2ccccc21)[C@H]1COc2ccccc2C1. The Kier molecular flexibility index (Phi) is 4.14. The smallest absolute Gasteiger partial charge is 0.246 e. The van der Waals surface area contributed by atoms with Crippen molar-refractivity contribution in [1.29, 1.82) is 0 Å². The molecule has 2 heterocycles. The fraction of sp³-hybridized carbons (Fsp3) is 0.300. The first-order valence-corrected chi connectivity index (χ1v) is 8.59. The van der Waals surface area contributed by atoms with Crippen LogP contribution in [0.5, 0.6) is 5.75 Å². The molecule has 0 spiro atoms. The fourth-order valence-corrected chi connectivity index (χ4v) is 3.50. The summed E-state index contributed by atoms with van der Waals surface area (Å²) >= 11 is 0. The third-order valence-electron chi connectivity index (χ3n) is 4.85. The van der Waals surface area contributed by atoms with Gasteiger partial charge < -0.3 is 15.0 Å². The second kappa shape index (κ2) is 6.59. The number of nitrogens with one attached hydrogen (secondary N) is 1. The number of hydrogen-bond acceptors (Lipinski definition) is 3. The minimum atomic E-state index is -0.256. The fourth-order valence-electron chi connectivity index (χ4n) is 3.50. The molecule has 2 aliphatic rings. The van der Waals surface area contributed by atoms with Gasteiger partial charge in [0.05, 0.1) is 12.5 Å². The number of para-hydroxylation sites is 2. The Morgan fingerprint density at radius 1 is 1.08 bits per heavy atom. The summed E-state index contributed by atoms with van der Waals surface area (Å²) in [5, 5.41) is 2.78. The molecule has 4 rings (SSSR count). The van der Waals surface area contributed by atoms with Crippen LogP contribution in [0.2, 0.25) is 0 Å². The molecular weight excluding hydrogens is 316 g/mol. The Morgan fingerprint density at radius 3 is 2.72 bits per heavy atom. The molecule has 128 valence electrons. The molecule has 5 nitrogen and oxygen atoms in total. The van der Waals surface area contributed by atoms with E-state index in [1.54, 1.807) is 4.90 Å². The molecule has 1 atom stereocenters. The van der Waals surface area contributed by atoms with E-state index in [1.807, 2.05) is 48.5 Å². The molecule has 0 aliphatic carbocycles. The lowest BCUT2D eigenvalue weighted by molar-refractivity contribution is -0.128. The van der Waals surface area contributed by atoms with Gasteiger partial charge in [-0.25, -0.2) is 0 Å². The maximum atomic E-state index is 12.5. The number of carbonyl (C=O) groups excluding carboxylic acids is 2. The normalized spacial score (nSPS) is 18.1. The van der Waals surface area contributed by atoms with Gasteiger partial charge >= 0.3 is 0 Å². The van der Waals surface area contributed by atoms with Gasteiger partial charge in [0, 0.05) is 12.2 Å². The van der Waals surface area contributed by atoms with Crippen molar-refractivity contribution in [2.24, 2.45) is 5.92 Å². The summed E-state index contributed by atoms with van der Waals surface area (Å²) < 4.78 is 5.65. The van der Waals surface area contributed by atoms with Gasteiger partial charge in [-0.15, -0.1) is 0 Å². The number of benzene rings is 2. The van der Waals surface area contributed by atoms with Crippen LogP contribution in [0.25, 0.3) is 0 Å². The Hall–Kier alpha value is -2.82. The molecule has 2 aliphatic heterocycles. The van der Waals surface area contributed by atoms with Crippen molar-refractivity contribution in [1.82, 2.24) is 5.32 Å². The first-order valence-electron chi connectivity index (χ1n) is 8.59. The van der Waals surface area contributed by atoms with E-state index in [9.17, 15) is 9.59 Å². The van der Waals surface area contributed by atoms with Gasteiger partial charge in [-0.3, -0.25) is 9.59 Å². The van der Waals surface area contributed by atoms with Crippen molar-refractivity contribution in [3.63, 3.8) is 0 Å². The topological polar surface area (TPSA) is 58.6 Å². The Bertz CT molecular complexity index is 818. The predicted octanol–water partition coefficient (Wildman–Crippen LogP) is 1.94. The summed E-state index contributed by atoms with van der Waals surface area (Å²) in [5.74, 6) is 0.385. The largest absolute Gasteiger partial charge is 0.492 e. The summed E-state index contributed by atoms with van der Waals surface area (Å²) in [4.78, 5) is 26.6. The number of carbonyl (C=O) groups is 2. The number of fused-ring (bicyclic) bond motifs is 2. The summed E-state index contributed by atoms with van der Waals surface area (Å²) in [6.07, 6.45) is 1.51. The molecule has 2 aromatic rings. The van der Waals surface area contributed by atoms with E-state index in [0.29, 0.717) is 19.6 Å². The highest BCUT2D eigenvalue weighted by Gasteiger charge is 2.28. The molecule has 0 bridgehead atoms. The molecule has 2 amide bonds. The number of anilines is 1. The second-order valence-electron chi connectivity index (χ2n) is 6.46. The average Bonchev–Trinajstić information content (AvgIpc) is 3.09. The Balaban J connectivity index is 1.35. The maximum absolute atomic E-state index is 12.5. The summed E-state index contributed by atoms with van der Waals surface area (Å²) in [6, 6.07) is 15.7. The zero-order valence-corrected chi connectivity index (χ0v) is 13.9. The zero-order valence-electron chi connectivity index (χ0n) is 13.9. The molecule has 0 unspecified atom stereocenters. The number of rotatable bonds is 3. The molecule has 0 fully saturated rings. The third-order valence-corrected chi connectivity index (χ3v) is 4.85. The minimum Gasteiger partial charge on any atom is -0.492 e. The van der Waals surface area contributed by atoms with E-state index in [-0.39, 0.29) is 24.3 Å². The molecule has 2 aromatic carbocycles. The predicted molar refractivity (Wildman–Crippen MR) is 94.6 cm³/mol. The molecule has 25 heavy (non-hydrogen) atoms. The molecular formula is C20H20N2O3. The van der Waals surface area contributed by atoms with Crippen LogP contribution in [-0.4, -0.2) is 31.5 Å².